The summed E-state index contributed by atoms with van der Waals surface area (Å²) < 4.78 is 5.57. The molecule has 2 aromatic carbocycles. The zero-order valence-corrected chi connectivity index (χ0v) is 15.9. The zero-order valence-electron chi connectivity index (χ0n) is 15.1. The summed E-state index contributed by atoms with van der Waals surface area (Å²) in [6.07, 6.45) is 0.534. The van der Waals surface area contributed by atoms with Gasteiger partial charge in [0, 0.05) is 10.5 Å². The summed E-state index contributed by atoms with van der Waals surface area (Å²) in [5.74, 6) is 1.17. The molecule has 0 unspecified atom stereocenters. The Kier molecular flexibility index (Phi) is 5.73. The van der Waals surface area contributed by atoms with E-state index in [1.165, 1.54) is 11.1 Å². The first-order chi connectivity index (χ1) is 12.5. The lowest BCUT2D eigenvalue weighted by Crippen LogP contribution is -2.12. The second-order valence-corrected chi connectivity index (χ2v) is 7.35. The van der Waals surface area contributed by atoms with Crippen LogP contribution in [0, 0.1) is 13.8 Å². The third-order valence-electron chi connectivity index (χ3n) is 4.02. The van der Waals surface area contributed by atoms with Crippen molar-refractivity contribution in [3.8, 4) is 0 Å². The number of nitrogens with zero attached hydrogens (tertiary/aromatic N) is 2. The molecule has 0 saturated carbocycles. The van der Waals surface area contributed by atoms with E-state index in [0.29, 0.717) is 17.9 Å². The Bertz CT molecular complexity index is 921. The van der Waals surface area contributed by atoms with Crippen LogP contribution in [-0.4, -0.2) is 21.9 Å². The van der Waals surface area contributed by atoms with Crippen molar-refractivity contribution in [2.45, 2.75) is 32.1 Å². The molecule has 1 amide bonds. The van der Waals surface area contributed by atoms with Crippen LogP contribution < -0.4 is 5.32 Å². The van der Waals surface area contributed by atoms with Gasteiger partial charge in [-0.25, -0.2) is 0 Å². The Labute approximate surface area is 157 Å². The standard InChI is InChI=1S/C20H21N3O2S/c1-4-26-17-7-5-6-16(12-17)19(24)21-20-23-22-18(25-20)11-15-9-8-13(2)14(3)10-15/h5-10,12H,4,11H2,1-3H3,(H,21,23,24). The number of carbonyl (C=O) groups excluding carboxylic acids is 1. The topological polar surface area (TPSA) is 68.0 Å². The number of nitrogens with one attached hydrogen (secondary N) is 1. The molecule has 0 saturated heterocycles. The van der Waals surface area contributed by atoms with Crippen molar-refractivity contribution in [2.75, 3.05) is 11.1 Å². The minimum atomic E-state index is -0.259. The molecule has 134 valence electrons. The first-order valence-corrected chi connectivity index (χ1v) is 9.46. The normalized spacial score (nSPS) is 10.7. The highest BCUT2D eigenvalue weighted by molar-refractivity contribution is 7.99. The van der Waals surface area contributed by atoms with Crippen LogP contribution in [0.15, 0.2) is 51.8 Å². The van der Waals surface area contributed by atoms with E-state index in [2.05, 4.69) is 48.4 Å². The van der Waals surface area contributed by atoms with Crippen LogP contribution in [0.4, 0.5) is 6.01 Å². The average Bonchev–Trinajstić information content (AvgIpc) is 3.05. The van der Waals surface area contributed by atoms with Gasteiger partial charge in [0.05, 0.1) is 6.42 Å². The molecule has 5 nitrogen and oxygen atoms in total. The molecule has 0 radical (unpaired) electrons. The molecule has 0 atom stereocenters. The molecule has 3 aromatic rings. The van der Waals surface area contributed by atoms with Crippen LogP contribution in [0.1, 0.15) is 39.9 Å². The van der Waals surface area contributed by atoms with Gasteiger partial charge in [0.15, 0.2) is 0 Å². The Morgan fingerprint density at radius 2 is 1.96 bits per heavy atom. The fourth-order valence-electron chi connectivity index (χ4n) is 2.53. The quantitative estimate of drug-likeness (QED) is 0.643. The van der Waals surface area contributed by atoms with Crippen LogP contribution >= 0.6 is 11.8 Å². The number of hydrogen-bond acceptors (Lipinski definition) is 5. The minimum absolute atomic E-state index is 0.113. The molecule has 0 aliphatic carbocycles. The van der Waals surface area contributed by atoms with Crippen molar-refractivity contribution >= 4 is 23.7 Å². The lowest BCUT2D eigenvalue weighted by atomic mass is 10.0. The number of anilines is 1. The first-order valence-electron chi connectivity index (χ1n) is 8.48. The monoisotopic (exact) mass is 367 g/mol. The molecular weight excluding hydrogens is 346 g/mol. The third-order valence-corrected chi connectivity index (χ3v) is 4.90. The maximum atomic E-state index is 12.4. The van der Waals surface area contributed by atoms with Gasteiger partial charge in [-0.05, 0) is 54.5 Å². The SMILES string of the molecule is CCSc1cccc(C(=O)Nc2nnc(Cc3ccc(C)c(C)c3)o2)c1. The summed E-state index contributed by atoms with van der Waals surface area (Å²) in [6, 6.07) is 13.8. The van der Waals surface area contributed by atoms with E-state index >= 15 is 0 Å². The van der Waals surface area contributed by atoms with Crippen LogP contribution in [-0.2, 0) is 6.42 Å². The molecule has 3 rings (SSSR count). The number of carbonyl (C=O) groups is 1. The molecule has 26 heavy (non-hydrogen) atoms. The largest absolute Gasteiger partial charge is 0.407 e. The number of aryl methyl sites for hydroxylation is 2. The molecule has 1 aromatic heterocycles. The second kappa shape index (κ2) is 8.19. The van der Waals surface area contributed by atoms with E-state index in [1.807, 2.05) is 24.3 Å². The highest BCUT2D eigenvalue weighted by Crippen LogP contribution is 2.20. The van der Waals surface area contributed by atoms with Crippen LogP contribution in [0.3, 0.4) is 0 Å². The second-order valence-electron chi connectivity index (χ2n) is 6.01. The van der Waals surface area contributed by atoms with Gasteiger partial charge >= 0.3 is 6.01 Å². The summed E-state index contributed by atoms with van der Waals surface area (Å²) in [4.78, 5) is 13.4. The molecule has 0 aliphatic heterocycles. The summed E-state index contributed by atoms with van der Waals surface area (Å²) in [5, 5.41) is 10.6. The highest BCUT2D eigenvalue weighted by Gasteiger charge is 2.12. The minimum Gasteiger partial charge on any atom is -0.407 e. The maximum absolute atomic E-state index is 12.4. The maximum Gasteiger partial charge on any atom is 0.322 e. The molecule has 1 heterocycles. The van der Waals surface area contributed by atoms with E-state index in [9.17, 15) is 4.79 Å². The predicted molar refractivity (Wildman–Crippen MR) is 104 cm³/mol. The lowest BCUT2D eigenvalue weighted by Gasteiger charge is -2.04. The van der Waals surface area contributed by atoms with Gasteiger partial charge in [-0.15, -0.1) is 16.9 Å². The summed E-state index contributed by atoms with van der Waals surface area (Å²) >= 11 is 1.69. The van der Waals surface area contributed by atoms with E-state index in [1.54, 1.807) is 17.8 Å². The van der Waals surface area contributed by atoms with Gasteiger partial charge in [-0.3, -0.25) is 10.1 Å². The Morgan fingerprint density at radius 1 is 1.12 bits per heavy atom. The van der Waals surface area contributed by atoms with Crippen LogP contribution in [0.5, 0.6) is 0 Å². The Balaban J connectivity index is 1.67. The third kappa shape index (κ3) is 4.52. The molecule has 1 N–H and O–H groups in total. The van der Waals surface area contributed by atoms with Crippen molar-refractivity contribution in [2.24, 2.45) is 0 Å². The van der Waals surface area contributed by atoms with Gasteiger partial charge < -0.3 is 4.42 Å². The summed E-state index contributed by atoms with van der Waals surface area (Å²) in [5.41, 5.74) is 4.13. The smallest absolute Gasteiger partial charge is 0.322 e. The van der Waals surface area contributed by atoms with Crippen LogP contribution in [0.2, 0.25) is 0 Å². The van der Waals surface area contributed by atoms with Gasteiger partial charge in [0.2, 0.25) is 5.89 Å². The van der Waals surface area contributed by atoms with Crippen molar-refractivity contribution < 1.29 is 9.21 Å². The number of aromatic nitrogens is 2. The van der Waals surface area contributed by atoms with E-state index < -0.39 is 0 Å². The van der Waals surface area contributed by atoms with Gasteiger partial charge in [-0.1, -0.05) is 36.3 Å². The van der Waals surface area contributed by atoms with Gasteiger partial charge in [0.25, 0.3) is 5.91 Å². The van der Waals surface area contributed by atoms with E-state index in [0.717, 1.165) is 16.2 Å². The van der Waals surface area contributed by atoms with Crippen molar-refractivity contribution in [1.29, 1.82) is 0 Å². The van der Waals surface area contributed by atoms with E-state index in [4.69, 9.17) is 4.42 Å². The average molecular weight is 367 g/mol. The molecular formula is C20H21N3O2S. The van der Waals surface area contributed by atoms with Crippen molar-refractivity contribution in [3.05, 3.63) is 70.6 Å². The fraction of sp³-hybridized carbons (Fsp3) is 0.250. The Hall–Kier alpha value is -2.60. The molecule has 6 heteroatoms. The lowest BCUT2D eigenvalue weighted by molar-refractivity contribution is 0.102. The number of amides is 1. The predicted octanol–water partition coefficient (Wildman–Crippen LogP) is 4.64. The molecule has 0 bridgehead atoms. The van der Waals surface area contributed by atoms with E-state index in [-0.39, 0.29) is 11.9 Å². The number of thioether (sulfide) groups is 1. The fourth-order valence-corrected chi connectivity index (χ4v) is 3.25. The summed E-state index contributed by atoms with van der Waals surface area (Å²) in [7, 11) is 0. The molecule has 0 fully saturated rings. The summed E-state index contributed by atoms with van der Waals surface area (Å²) in [6.45, 7) is 6.23. The number of rotatable bonds is 6. The number of benzene rings is 2. The van der Waals surface area contributed by atoms with Crippen molar-refractivity contribution in [1.82, 2.24) is 10.2 Å². The van der Waals surface area contributed by atoms with Crippen LogP contribution in [0.25, 0.3) is 0 Å². The molecule has 0 aliphatic rings. The zero-order chi connectivity index (χ0) is 18.5. The van der Waals surface area contributed by atoms with Gasteiger partial charge in [-0.2, -0.15) is 0 Å². The van der Waals surface area contributed by atoms with Gasteiger partial charge in [0.1, 0.15) is 0 Å². The highest BCUT2D eigenvalue weighted by atomic mass is 32.2. The molecule has 0 spiro atoms. The first kappa shape index (κ1) is 18.2. The van der Waals surface area contributed by atoms with Crippen molar-refractivity contribution in [3.63, 3.8) is 0 Å². The Morgan fingerprint density at radius 3 is 2.73 bits per heavy atom. The number of hydrogen-bond donors (Lipinski definition) is 1.